The van der Waals surface area contributed by atoms with E-state index in [-0.39, 0.29) is 12.2 Å². The first-order chi connectivity index (χ1) is 7.18. The molecule has 0 aromatic heterocycles. The van der Waals surface area contributed by atoms with Gasteiger partial charge in [0.05, 0.1) is 12.2 Å². The highest BCUT2D eigenvalue weighted by Crippen LogP contribution is 2.22. The van der Waals surface area contributed by atoms with Crippen molar-refractivity contribution < 1.29 is 10.2 Å². The van der Waals surface area contributed by atoms with Gasteiger partial charge < -0.3 is 10.2 Å². The molecule has 2 saturated carbocycles. The third-order valence-electron chi connectivity index (χ3n) is 3.56. The molecular formula is C13H26O2. The molecule has 0 atom stereocenters. The molecule has 2 N–H and O–H groups in total. The molecule has 0 amide bonds. The SMILES string of the molecule is CC1CCC(O)CC1.OC1CCCCC1. The quantitative estimate of drug-likeness (QED) is 0.651. The average Bonchev–Trinajstić information content (AvgIpc) is 2.25. The Bertz CT molecular complexity index is 135. The van der Waals surface area contributed by atoms with Crippen LogP contribution >= 0.6 is 0 Å². The van der Waals surface area contributed by atoms with Crippen molar-refractivity contribution in [2.45, 2.75) is 76.9 Å². The number of hydrogen-bond acceptors (Lipinski definition) is 2. The van der Waals surface area contributed by atoms with Gasteiger partial charge in [0.15, 0.2) is 0 Å². The van der Waals surface area contributed by atoms with Crippen molar-refractivity contribution in [1.82, 2.24) is 0 Å². The summed E-state index contributed by atoms with van der Waals surface area (Å²) >= 11 is 0. The summed E-state index contributed by atoms with van der Waals surface area (Å²) in [5.74, 6) is 0.860. The second-order valence-electron chi connectivity index (χ2n) is 5.21. The maximum Gasteiger partial charge on any atom is 0.0540 e. The first-order valence-electron chi connectivity index (χ1n) is 6.54. The highest BCUT2D eigenvalue weighted by molar-refractivity contribution is 4.67. The molecule has 2 nitrogen and oxygen atoms in total. The van der Waals surface area contributed by atoms with Crippen LogP contribution in [0.5, 0.6) is 0 Å². The predicted octanol–water partition coefficient (Wildman–Crippen LogP) is 2.87. The molecule has 0 saturated heterocycles. The minimum Gasteiger partial charge on any atom is -0.393 e. The Morgan fingerprint density at radius 3 is 1.47 bits per heavy atom. The normalized spacial score (nSPS) is 33.0. The van der Waals surface area contributed by atoms with E-state index in [9.17, 15) is 0 Å². The Labute approximate surface area is 93.7 Å². The Hall–Kier alpha value is -0.0800. The van der Waals surface area contributed by atoms with Gasteiger partial charge in [-0.1, -0.05) is 26.2 Å². The van der Waals surface area contributed by atoms with E-state index in [0.29, 0.717) is 0 Å². The van der Waals surface area contributed by atoms with Crippen molar-refractivity contribution in [3.05, 3.63) is 0 Å². The minimum absolute atomic E-state index is 0.0196. The van der Waals surface area contributed by atoms with Gasteiger partial charge in [0.1, 0.15) is 0 Å². The van der Waals surface area contributed by atoms with Crippen molar-refractivity contribution in [2.75, 3.05) is 0 Å². The van der Waals surface area contributed by atoms with Gasteiger partial charge in [-0.2, -0.15) is 0 Å². The van der Waals surface area contributed by atoms with Crippen LogP contribution in [0.3, 0.4) is 0 Å². The first-order valence-corrected chi connectivity index (χ1v) is 6.54. The molecule has 2 fully saturated rings. The van der Waals surface area contributed by atoms with Gasteiger partial charge >= 0.3 is 0 Å². The van der Waals surface area contributed by atoms with Crippen molar-refractivity contribution in [3.8, 4) is 0 Å². The molecule has 0 aliphatic heterocycles. The van der Waals surface area contributed by atoms with Gasteiger partial charge in [-0.05, 0) is 44.4 Å². The zero-order valence-corrected chi connectivity index (χ0v) is 9.99. The van der Waals surface area contributed by atoms with E-state index in [4.69, 9.17) is 10.2 Å². The lowest BCUT2D eigenvalue weighted by atomic mass is 9.89. The maximum atomic E-state index is 9.03. The van der Waals surface area contributed by atoms with Crippen molar-refractivity contribution in [3.63, 3.8) is 0 Å². The molecule has 0 aromatic carbocycles. The van der Waals surface area contributed by atoms with Gasteiger partial charge in [-0.15, -0.1) is 0 Å². The van der Waals surface area contributed by atoms with Crippen molar-refractivity contribution >= 4 is 0 Å². The second-order valence-corrected chi connectivity index (χ2v) is 5.21. The summed E-state index contributed by atoms with van der Waals surface area (Å²) in [5.41, 5.74) is 0. The Morgan fingerprint density at radius 1 is 0.667 bits per heavy atom. The van der Waals surface area contributed by atoms with Gasteiger partial charge in [0.2, 0.25) is 0 Å². The Kier molecular flexibility index (Phi) is 6.26. The van der Waals surface area contributed by atoms with E-state index in [1.807, 2.05) is 0 Å². The first kappa shape index (κ1) is 13.0. The van der Waals surface area contributed by atoms with Crippen LogP contribution in [-0.2, 0) is 0 Å². The maximum absolute atomic E-state index is 9.03. The lowest BCUT2D eigenvalue weighted by Crippen LogP contribution is -2.15. The zero-order valence-electron chi connectivity index (χ0n) is 9.99. The number of hydrogen-bond donors (Lipinski definition) is 2. The topological polar surface area (TPSA) is 40.5 Å². The highest BCUT2D eigenvalue weighted by Gasteiger charge is 2.14. The van der Waals surface area contributed by atoms with Crippen LogP contribution in [0, 0.1) is 5.92 Å². The number of aliphatic hydroxyl groups excluding tert-OH is 2. The van der Waals surface area contributed by atoms with Crippen LogP contribution in [0.4, 0.5) is 0 Å². The molecule has 2 rings (SSSR count). The van der Waals surface area contributed by atoms with Gasteiger partial charge in [0, 0.05) is 0 Å². The molecule has 0 spiro atoms. The zero-order chi connectivity index (χ0) is 11.1. The fourth-order valence-corrected chi connectivity index (χ4v) is 2.32. The summed E-state index contributed by atoms with van der Waals surface area (Å²) in [6.07, 6.45) is 10.4. The summed E-state index contributed by atoms with van der Waals surface area (Å²) in [7, 11) is 0. The average molecular weight is 214 g/mol. The van der Waals surface area contributed by atoms with Crippen LogP contribution in [-0.4, -0.2) is 22.4 Å². The molecule has 2 aliphatic rings. The van der Waals surface area contributed by atoms with Crippen LogP contribution in [0.1, 0.15) is 64.7 Å². The largest absolute Gasteiger partial charge is 0.393 e. The molecule has 2 heteroatoms. The molecular weight excluding hydrogens is 188 g/mol. The Balaban J connectivity index is 0.000000151. The molecule has 0 unspecified atom stereocenters. The van der Waals surface area contributed by atoms with E-state index in [1.54, 1.807) is 0 Å². The highest BCUT2D eigenvalue weighted by atomic mass is 16.3. The minimum atomic E-state index is 0.0196. The summed E-state index contributed by atoms with van der Waals surface area (Å²) in [6.45, 7) is 2.26. The molecule has 90 valence electrons. The molecule has 0 bridgehead atoms. The summed E-state index contributed by atoms with van der Waals surface area (Å²) in [5, 5.41) is 17.9. The van der Waals surface area contributed by atoms with Gasteiger partial charge in [-0.3, -0.25) is 0 Å². The second kappa shape index (κ2) is 7.24. The Morgan fingerprint density at radius 2 is 1.13 bits per heavy atom. The predicted molar refractivity (Wildman–Crippen MR) is 62.7 cm³/mol. The van der Waals surface area contributed by atoms with E-state index < -0.39 is 0 Å². The standard InChI is InChI=1S/C7H14O.C6H12O/c1-6-2-4-7(8)5-3-6;7-6-4-2-1-3-5-6/h6-8H,2-5H2,1H3;6-7H,1-5H2. The van der Waals surface area contributed by atoms with Crippen LogP contribution in [0.15, 0.2) is 0 Å². The molecule has 2 aliphatic carbocycles. The summed E-state index contributed by atoms with van der Waals surface area (Å²) in [6, 6.07) is 0. The third-order valence-corrected chi connectivity index (χ3v) is 3.56. The third kappa shape index (κ3) is 6.16. The van der Waals surface area contributed by atoms with Crippen LogP contribution < -0.4 is 0 Å². The molecule has 0 aromatic rings. The van der Waals surface area contributed by atoms with E-state index in [2.05, 4.69) is 6.92 Å². The van der Waals surface area contributed by atoms with Crippen LogP contribution in [0.2, 0.25) is 0 Å². The van der Waals surface area contributed by atoms with Gasteiger partial charge in [0.25, 0.3) is 0 Å². The number of aliphatic hydroxyl groups is 2. The number of rotatable bonds is 0. The molecule has 0 heterocycles. The fourth-order valence-electron chi connectivity index (χ4n) is 2.32. The van der Waals surface area contributed by atoms with Gasteiger partial charge in [-0.25, -0.2) is 0 Å². The monoisotopic (exact) mass is 214 g/mol. The lowest BCUT2D eigenvalue weighted by molar-refractivity contribution is 0.112. The van der Waals surface area contributed by atoms with Crippen molar-refractivity contribution in [1.29, 1.82) is 0 Å². The fraction of sp³-hybridized carbons (Fsp3) is 1.00. The summed E-state index contributed by atoms with van der Waals surface area (Å²) in [4.78, 5) is 0. The van der Waals surface area contributed by atoms with E-state index in [1.165, 1.54) is 32.1 Å². The van der Waals surface area contributed by atoms with Crippen molar-refractivity contribution in [2.24, 2.45) is 5.92 Å². The smallest absolute Gasteiger partial charge is 0.0540 e. The van der Waals surface area contributed by atoms with E-state index >= 15 is 0 Å². The summed E-state index contributed by atoms with van der Waals surface area (Å²) < 4.78 is 0. The van der Waals surface area contributed by atoms with Crippen LogP contribution in [0.25, 0.3) is 0 Å². The molecule has 0 radical (unpaired) electrons. The lowest BCUT2D eigenvalue weighted by Gasteiger charge is -2.21. The van der Waals surface area contributed by atoms with E-state index in [0.717, 1.165) is 31.6 Å². The molecule has 15 heavy (non-hydrogen) atoms.